The number of fused-ring (bicyclic) bond motifs is 1. The summed E-state index contributed by atoms with van der Waals surface area (Å²) in [6.45, 7) is 3.65. The molecule has 2 heterocycles. The molecule has 6 heteroatoms. The van der Waals surface area contributed by atoms with Crippen molar-refractivity contribution in [1.29, 1.82) is 0 Å². The summed E-state index contributed by atoms with van der Waals surface area (Å²) in [5, 5.41) is 17.0. The normalized spacial score (nSPS) is 10.9. The minimum Gasteiger partial charge on any atom is -0.478 e. The number of carbonyl (C=O) groups is 1. The second-order valence-electron chi connectivity index (χ2n) is 4.49. The van der Waals surface area contributed by atoms with Gasteiger partial charge in [0.05, 0.1) is 22.5 Å². The van der Waals surface area contributed by atoms with Gasteiger partial charge in [0.2, 0.25) is 5.89 Å². The number of benzene rings is 1. The van der Waals surface area contributed by atoms with E-state index in [-0.39, 0.29) is 5.56 Å². The Morgan fingerprint density at radius 1 is 1.20 bits per heavy atom. The maximum Gasteiger partial charge on any atom is 0.335 e. The summed E-state index contributed by atoms with van der Waals surface area (Å²) in [6.07, 6.45) is 0. The molecule has 0 saturated heterocycles. The Balaban J connectivity index is 2.17. The van der Waals surface area contributed by atoms with Crippen LogP contribution >= 0.6 is 0 Å². The van der Waals surface area contributed by atoms with Gasteiger partial charge in [-0.15, -0.1) is 0 Å². The maximum absolute atomic E-state index is 10.9. The van der Waals surface area contributed by atoms with E-state index in [2.05, 4.69) is 15.2 Å². The summed E-state index contributed by atoms with van der Waals surface area (Å²) in [5.74, 6) is -0.583. The highest BCUT2D eigenvalue weighted by atomic mass is 16.4. The van der Waals surface area contributed by atoms with E-state index in [1.54, 1.807) is 6.07 Å². The molecule has 0 radical (unpaired) electrons. The molecule has 0 fully saturated rings. The highest BCUT2D eigenvalue weighted by Crippen LogP contribution is 2.26. The van der Waals surface area contributed by atoms with Crippen molar-refractivity contribution >= 4 is 17.1 Å². The molecule has 3 aromatic rings. The van der Waals surface area contributed by atoms with Crippen molar-refractivity contribution in [2.24, 2.45) is 0 Å². The van der Waals surface area contributed by atoms with Crippen LogP contribution in [-0.2, 0) is 0 Å². The molecule has 6 nitrogen and oxygen atoms in total. The van der Waals surface area contributed by atoms with E-state index in [0.29, 0.717) is 22.7 Å². The summed E-state index contributed by atoms with van der Waals surface area (Å²) in [5.41, 5.74) is 3.44. The van der Waals surface area contributed by atoms with E-state index >= 15 is 0 Å². The number of aryl methyl sites for hydroxylation is 2. The van der Waals surface area contributed by atoms with Gasteiger partial charge >= 0.3 is 5.97 Å². The van der Waals surface area contributed by atoms with E-state index in [9.17, 15) is 4.79 Å². The average Bonchev–Trinajstić information content (AvgIpc) is 2.83. The highest BCUT2D eigenvalue weighted by molar-refractivity contribution is 5.92. The van der Waals surface area contributed by atoms with Gasteiger partial charge in [0, 0.05) is 0 Å². The highest BCUT2D eigenvalue weighted by Gasteiger charge is 2.14. The number of nitrogens with zero attached hydrogens (tertiary/aromatic N) is 3. The van der Waals surface area contributed by atoms with Gasteiger partial charge in [-0.05, 0) is 38.1 Å². The van der Waals surface area contributed by atoms with Crippen molar-refractivity contribution in [2.75, 3.05) is 0 Å². The van der Waals surface area contributed by atoms with Crippen molar-refractivity contribution in [2.45, 2.75) is 13.8 Å². The minimum atomic E-state index is -0.998. The smallest absolute Gasteiger partial charge is 0.335 e. The molecule has 0 atom stereocenters. The predicted octanol–water partition coefficient (Wildman–Crippen LogP) is 2.60. The number of aromatic carboxylic acids is 1. The van der Waals surface area contributed by atoms with Crippen molar-refractivity contribution in [1.82, 2.24) is 15.2 Å². The van der Waals surface area contributed by atoms with Gasteiger partial charge in [-0.25, -0.2) is 9.78 Å². The zero-order valence-electron chi connectivity index (χ0n) is 10.9. The maximum atomic E-state index is 10.9. The topological polar surface area (TPSA) is 89.1 Å². The lowest BCUT2D eigenvalue weighted by atomic mass is 10.2. The van der Waals surface area contributed by atoms with Crippen molar-refractivity contribution in [3.05, 3.63) is 41.2 Å². The van der Waals surface area contributed by atoms with Gasteiger partial charge in [0.1, 0.15) is 5.52 Å². The van der Waals surface area contributed by atoms with Crippen LogP contribution in [0.25, 0.3) is 22.6 Å². The van der Waals surface area contributed by atoms with Crippen LogP contribution in [0.1, 0.15) is 21.7 Å². The number of hydrogen-bond donors (Lipinski definition) is 1. The van der Waals surface area contributed by atoms with Crippen molar-refractivity contribution in [3.8, 4) is 11.5 Å². The Kier molecular flexibility index (Phi) is 2.71. The van der Waals surface area contributed by atoms with Crippen molar-refractivity contribution < 1.29 is 14.3 Å². The fourth-order valence-corrected chi connectivity index (χ4v) is 1.94. The Morgan fingerprint density at radius 3 is 2.75 bits per heavy atom. The molecule has 1 aromatic carbocycles. The number of carboxylic acids is 1. The number of oxazole rings is 1. The van der Waals surface area contributed by atoms with E-state index in [1.165, 1.54) is 12.1 Å². The first-order valence-corrected chi connectivity index (χ1v) is 6.00. The molecule has 20 heavy (non-hydrogen) atoms. The van der Waals surface area contributed by atoms with Gasteiger partial charge in [0.15, 0.2) is 5.58 Å². The lowest BCUT2D eigenvalue weighted by molar-refractivity contribution is 0.0697. The lowest BCUT2D eigenvalue weighted by Crippen LogP contribution is -1.94. The van der Waals surface area contributed by atoms with Gasteiger partial charge in [-0.2, -0.15) is 10.2 Å². The SMILES string of the molecule is Cc1cc(-c2nc3ccc(C(=O)O)cc3o2)c(C)nn1. The van der Waals surface area contributed by atoms with E-state index in [0.717, 1.165) is 11.3 Å². The Bertz CT molecular complexity index is 824. The zero-order chi connectivity index (χ0) is 14.3. The lowest BCUT2D eigenvalue weighted by Gasteiger charge is -1.99. The van der Waals surface area contributed by atoms with Crippen LogP contribution in [0.2, 0.25) is 0 Å². The molecule has 0 spiro atoms. The largest absolute Gasteiger partial charge is 0.478 e. The number of rotatable bonds is 2. The molecule has 0 aliphatic rings. The molecule has 0 bridgehead atoms. The summed E-state index contributed by atoms with van der Waals surface area (Å²) in [4.78, 5) is 15.3. The molecule has 0 unspecified atom stereocenters. The molecule has 0 saturated carbocycles. The number of aromatic nitrogens is 3. The third-order valence-electron chi connectivity index (χ3n) is 2.97. The van der Waals surface area contributed by atoms with Gasteiger partial charge in [0.25, 0.3) is 0 Å². The van der Waals surface area contributed by atoms with Crippen LogP contribution < -0.4 is 0 Å². The van der Waals surface area contributed by atoms with Crippen LogP contribution in [0.4, 0.5) is 0 Å². The van der Waals surface area contributed by atoms with E-state index in [1.807, 2.05) is 19.9 Å². The molecule has 0 amide bonds. The van der Waals surface area contributed by atoms with Crippen LogP contribution in [-0.4, -0.2) is 26.3 Å². The van der Waals surface area contributed by atoms with E-state index < -0.39 is 5.97 Å². The molecule has 0 aliphatic heterocycles. The third kappa shape index (κ3) is 2.01. The number of carboxylic acid groups (broad SMARTS) is 1. The van der Waals surface area contributed by atoms with Gasteiger partial charge < -0.3 is 9.52 Å². The molecule has 1 N–H and O–H groups in total. The fourth-order valence-electron chi connectivity index (χ4n) is 1.94. The van der Waals surface area contributed by atoms with Crippen LogP contribution in [0.3, 0.4) is 0 Å². The average molecular weight is 269 g/mol. The van der Waals surface area contributed by atoms with E-state index in [4.69, 9.17) is 9.52 Å². The quantitative estimate of drug-likeness (QED) is 0.769. The molecule has 2 aromatic heterocycles. The summed E-state index contributed by atoms with van der Waals surface area (Å²) < 4.78 is 5.64. The monoisotopic (exact) mass is 269 g/mol. The molecule has 0 aliphatic carbocycles. The van der Waals surface area contributed by atoms with Gasteiger partial charge in [-0.1, -0.05) is 0 Å². The van der Waals surface area contributed by atoms with Crippen LogP contribution in [0.5, 0.6) is 0 Å². The summed E-state index contributed by atoms with van der Waals surface area (Å²) >= 11 is 0. The van der Waals surface area contributed by atoms with Crippen LogP contribution in [0.15, 0.2) is 28.7 Å². The second-order valence-corrected chi connectivity index (χ2v) is 4.49. The molecular weight excluding hydrogens is 258 g/mol. The van der Waals surface area contributed by atoms with Gasteiger partial charge in [-0.3, -0.25) is 0 Å². The molecular formula is C14H11N3O3. The Morgan fingerprint density at radius 2 is 2.00 bits per heavy atom. The van der Waals surface area contributed by atoms with Crippen molar-refractivity contribution in [3.63, 3.8) is 0 Å². The Labute approximate surface area is 114 Å². The molecule has 3 rings (SSSR count). The summed E-state index contributed by atoms with van der Waals surface area (Å²) in [6, 6.07) is 6.43. The standard InChI is InChI=1S/C14H11N3O3/c1-7-5-10(8(2)17-16-7)13-15-11-4-3-9(14(18)19)6-12(11)20-13/h3-6H,1-2H3,(H,18,19). The third-order valence-corrected chi connectivity index (χ3v) is 2.97. The Hall–Kier alpha value is -2.76. The number of hydrogen-bond acceptors (Lipinski definition) is 5. The van der Waals surface area contributed by atoms with Crippen LogP contribution in [0, 0.1) is 13.8 Å². The minimum absolute atomic E-state index is 0.168. The zero-order valence-corrected chi connectivity index (χ0v) is 10.9. The first kappa shape index (κ1) is 12.3. The fraction of sp³-hybridized carbons (Fsp3) is 0.143. The predicted molar refractivity (Wildman–Crippen MR) is 71.5 cm³/mol. The first-order chi connectivity index (χ1) is 9.54. The second kappa shape index (κ2) is 4.41. The summed E-state index contributed by atoms with van der Waals surface area (Å²) in [7, 11) is 0. The molecule has 100 valence electrons. The first-order valence-electron chi connectivity index (χ1n) is 6.00.